The van der Waals surface area contributed by atoms with E-state index in [1.165, 1.54) is 5.56 Å². The van der Waals surface area contributed by atoms with Crippen molar-refractivity contribution in [1.82, 2.24) is 4.90 Å². The zero-order valence-corrected chi connectivity index (χ0v) is 12.4. The van der Waals surface area contributed by atoms with Gasteiger partial charge in [-0.25, -0.2) is 0 Å². The molecule has 1 aliphatic rings. The van der Waals surface area contributed by atoms with Crippen molar-refractivity contribution in [2.75, 3.05) is 26.2 Å². The third kappa shape index (κ3) is 3.32. The molecule has 0 spiro atoms. The second-order valence-corrected chi connectivity index (χ2v) is 5.61. The van der Waals surface area contributed by atoms with Crippen molar-refractivity contribution in [2.24, 2.45) is 5.73 Å². The van der Waals surface area contributed by atoms with Gasteiger partial charge in [0, 0.05) is 30.1 Å². The van der Waals surface area contributed by atoms with Gasteiger partial charge in [0.05, 0.1) is 12.7 Å². The molecule has 1 saturated heterocycles. The van der Waals surface area contributed by atoms with Crippen LogP contribution in [0.15, 0.2) is 28.7 Å². The monoisotopic (exact) mass is 312 g/mol. The first-order valence-electron chi connectivity index (χ1n) is 6.55. The molecule has 1 fully saturated rings. The fourth-order valence-electron chi connectivity index (χ4n) is 2.45. The smallest absolute Gasteiger partial charge is 0.0700 e. The van der Waals surface area contributed by atoms with Crippen molar-refractivity contribution >= 4 is 15.9 Å². The van der Waals surface area contributed by atoms with Crippen LogP contribution in [0.1, 0.15) is 24.9 Å². The number of hydrogen-bond donors (Lipinski definition) is 1. The van der Waals surface area contributed by atoms with Gasteiger partial charge in [0.25, 0.3) is 0 Å². The average Bonchev–Trinajstić information content (AvgIpc) is 2.42. The maximum atomic E-state index is 5.97. The maximum absolute atomic E-state index is 5.97. The minimum absolute atomic E-state index is 0.302. The minimum atomic E-state index is 0.302. The van der Waals surface area contributed by atoms with Crippen LogP contribution >= 0.6 is 15.9 Å². The van der Waals surface area contributed by atoms with Gasteiger partial charge in [-0.2, -0.15) is 0 Å². The topological polar surface area (TPSA) is 38.5 Å². The van der Waals surface area contributed by atoms with Crippen LogP contribution in [-0.2, 0) is 4.74 Å². The van der Waals surface area contributed by atoms with Crippen LogP contribution < -0.4 is 5.73 Å². The molecule has 0 saturated carbocycles. The highest BCUT2D eigenvalue weighted by atomic mass is 79.9. The summed E-state index contributed by atoms with van der Waals surface area (Å²) in [5.41, 5.74) is 7.26. The number of rotatable bonds is 4. The minimum Gasteiger partial charge on any atom is -0.376 e. The Balaban J connectivity index is 2.10. The second kappa shape index (κ2) is 6.66. The summed E-state index contributed by atoms with van der Waals surface area (Å²) in [5.74, 6) is 0. The lowest BCUT2D eigenvalue weighted by atomic mass is 10.0. The van der Waals surface area contributed by atoms with Crippen molar-refractivity contribution in [1.29, 1.82) is 0 Å². The molecule has 1 aromatic carbocycles. The lowest BCUT2D eigenvalue weighted by Crippen LogP contribution is -2.45. The lowest BCUT2D eigenvalue weighted by Gasteiger charge is -2.37. The molecule has 0 aromatic heterocycles. The van der Waals surface area contributed by atoms with E-state index in [1.807, 2.05) is 0 Å². The Bertz CT molecular complexity index is 369. The number of morpholine rings is 1. The van der Waals surface area contributed by atoms with Crippen LogP contribution in [0, 0.1) is 0 Å². The predicted octanol–water partition coefficient (Wildman–Crippen LogP) is 2.56. The summed E-state index contributed by atoms with van der Waals surface area (Å²) in [6.07, 6.45) is 1.41. The van der Waals surface area contributed by atoms with E-state index in [1.54, 1.807) is 0 Å². The molecular weight excluding hydrogens is 292 g/mol. The molecule has 0 bridgehead atoms. The molecule has 2 N–H and O–H groups in total. The standard InChI is InChI=1S/C14H21BrN2O/c1-2-13-10-17(7-8-18-13)14(9-16)11-3-5-12(15)6-4-11/h3-6,13-14H,2,7-10,16H2,1H3. The number of ether oxygens (including phenoxy) is 1. The molecule has 1 aromatic rings. The van der Waals surface area contributed by atoms with E-state index >= 15 is 0 Å². The van der Waals surface area contributed by atoms with Gasteiger partial charge >= 0.3 is 0 Å². The zero-order chi connectivity index (χ0) is 13.0. The van der Waals surface area contributed by atoms with E-state index in [0.717, 1.165) is 30.6 Å². The van der Waals surface area contributed by atoms with Crippen LogP contribution in [0.4, 0.5) is 0 Å². The van der Waals surface area contributed by atoms with E-state index in [2.05, 4.69) is 52.0 Å². The molecule has 0 amide bonds. The Labute approximate surface area is 117 Å². The molecule has 0 aliphatic carbocycles. The van der Waals surface area contributed by atoms with Crippen LogP contribution in [-0.4, -0.2) is 37.2 Å². The first-order chi connectivity index (χ1) is 8.74. The molecule has 2 unspecified atom stereocenters. The zero-order valence-electron chi connectivity index (χ0n) is 10.8. The number of halogens is 1. The number of benzene rings is 1. The van der Waals surface area contributed by atoms with Gasteiger partial charge in [0.1, 0.15) is 0 Å². The summed E-state index contributed by atoms with van der Waals surface area (Å²) in [7, 11) is 0. The van der Waals surface area contributed by atoms with Gasteiger partial charge in [0.2, 0.25) is 0 Å². The summed E-state index contributed by atoms with van der Waals surface area (Å²) in [6.45, 7) is 5.58. The van der Waals surface area contributed by atoms with E-state index in [-0.39, 0.29) is 0 Å². The highest BCUT2D eigenvalue weighted by Gasteiger charge is 2.25. The molecule has 1 heterocycles. The SMILES string of the molecule is CCC1CN(C(CN)c2ccc(Br)cc2)CCO1. The van der Waals surface area contributed by atoms with Crippen LogP contribution in [0.25, 0.3) is 0 Å². The Morgan fingerprint density at radius 1 is 1.44 bits per heavy atom. The average molecular weight is 313 g/mol. The first kappa shape index (κ1) is 14.0. The Hall–Kier alpha value is -0.420. The quantitative estimate of drug-likeness (QED) is 0.928. The normalized spacial score (nSPS) is 22.9. The Morgan fingerprint density at radius 3 is 2.78 bits per heavy atom. The van der Waals surface area contributed by atoms with Crippen molar-refractivity contribution in [2.45, 2.75) is 25.5 Å². The van der Waals surface area contributed by atoms with Crippen LogP contribution in [0.2, 0.25) is 0 Å². The van der Waals surface area contributed by atoms with Gasteiger partial charge in [-0.05, 0) is 24.1 Å². The predicted molar refractivity (Wildman–Crippen MR) is 77.5 cm³/mol. The van der Waals surface area contributed by atoms with Gasteiger partial charge in [0.15, 0.2) is 0 Å². The third-order valence-corrected chi connectivity index (χ3v) is 4.07. The van der Waals surface area contributed by atoms with Crippen LogP contribution in [0.3, 0.4) is 0 Å². The summed E-state index contributed by atoms with van der Waals surface area (Å²) in [5, 5.41) is 0. The molecule has 2 rings (SSSR count). The second-order valence-electron chi connectivity index (χ2n) is 4.70. The molecule has 3 nitrogen and oxygen atoms in total. The van der Waals surface area contributed by atoms with Gasteiger partial charge < -0.3 is 10.5 Å². The number of nitrogens with two attached hydrogens (primary N) is 1. The number of hydrogen-bond acceptors (Lipinski definition) is 3. The largest absolute Gasteiger partial charge is 0.376 e. The molecule has 4 heteroatoms. The number of nitrogens with zero attached hydrogens (tertiary/aromatic N) is 1. The fraction of sp³-hybridized carbons (Fsp3) is 0.571. The molecule has 1 aliphatic heterocycles. The molecule has 18 heavy (non-hydrogen) atoms. The van der Waals surface area contributed by atoms with Crippen molar-refractivity contribution in [3.63, 3.8) is 0 Å². The molecular formula is C14H21BrN2O. The fourth-order valence-corrected chi connectivity index (χ4v) is 2.72. The summed E-state index contributed by atoms with van der Waals surface area (Å²) in [6, 6.07) is 8.76. The molecule has 0 radical (unpaired) electrons. The Morgan fingerprint density at radius 2 is 2.17 bits per heavy atom. The lowest BCUT2D eigenvalue weighted by molar-refractivity contribution is -0.0437. The van der Waals surface area contributed by atoms with Gasteiger partial charge in [-0.1, -0.05) is 35.0 Å². The van der Waals surface area contributed by atoms with Crippen molar-refractivity contribution in [3.8, 4) is 0 Å². The highest BCUT2D eigenvalue weighted by molar-refractivity contribution is 9.10. The van der Waals surface area contributed by atoms with E-state index in [9.17, 15) is 0 Å². The highest BCUT2D eigenvalue weighted by Crippen LogP contribution is 2.24. The van der Waals surface area contributed by atoms with E-state index in [0.29, 0.717) is 18.7 Å². The van der Waals surface area contributed by atoms with E-state index in [4.69, 9.17) is 10.5 Å². The maximum Gasteiger partial charge on any atom is 0.0700 e. The molecule has 2 atom stereocenters. The van der Waals surface area contributed by atoms with Crippen LogP contribution in [0.5, 0.6) is 0 Å². The van der Waals surface area contributed by atoms with Gasteiger partial charge in [-0.3, -0.25) is 4.90 Å². The van der Waals surface area contributed by atoms with Gasteiger partial charge in [-0.15, -0.1) is 0 Å². The van der Waals surface area contributed by atoms with Crippen molar-refractivity contribution in [3.05, 3.63) is 34.3 Å². The first-order valence-corrected chi connectivity index (χ1v) is 7.35. The third-order valence-electron chi connectivity index (χ3n) is 3.54. The molecule has 100 valence electrons. The van der Waals surface area contributed by atoms with E-state index < -0.39 is 0 Å². The summed E-state index contributed by atoms with van der Waals surface area (Å²) >= 11 is 3.47. The van der Waals surface area contributed by atoms with Crippen molar-refractivity contribution < 1.29 is 4.74 Å². The summed E-state index contributed by atoms with van der Waals surface area (Å²) in [4.78, 5) is 2.45. The summed E-state index contributed by atoms with van der Waals surface area (Å²) < 4.78 is 6.82. The Kier molecular flexibility index (Phi) is 5.18.